The van der Waals surface area contributed by atoms with E-state index in [0.717, 1.165) is 22.8 Å². The normalized spacial score (nSPS) is 15.8. The zero-order valence-electron chi connectivity index (χ0n) is 12.3. The number of fused-ring (bicyclic) bond motifs is 3. The van der Waals surface area contributed by atoms with Gasteiger partial charge in [0.25, 0.3) is 0 Å². The van der Waals surface area contributed by atoms with Crippen LogP contribution < -0.4 is 15.6 Å². The summed E-state index contributed by atoms with van der Waals surface area (Å²) in [7, 11) is 0. The molecule has 2 aromatic carbocycles. The number of rotatable bonds is 1. The topological polar surface area (TPSA) is 82.6 Å². The Balaban J connectivity index is 0.00000156. The number of hydrogen-bond acceptors (Lipinski definition) is 5. The van der Waals surface area contributed by atoms with Gasteiger partial charge in [-0.25, -0.2) is 15.0 Å². The van der Waals surface area contributed by atoms with E-state index in [0.29, 0.717) is 10.7 Å². The molecule has 23 heavy (non-hydrogen) atoms. The molecule has 4 N–H and O–H groups in total. The molecular weight excluding hydrogens is 316 g/mol. The van der Waals surface area contributed by atoms with Crippen LogP contribution in [0.4, 0.5) is 17.1 Å². The van der Waals surface area contributed by atoms with E-state index in [9.17, 15) is 5.11 Å². The van der Waals surface area contributed by atoms with E-state index in [4.69, 9.17) is 11.6 Å². The summed E-state index contributed by atoms with van der Waals surface area (Å²) in [4.78, 5) is 4.55. The lowest BCUT2D eigenvalue weighted by atomic mass is 10.1. The lowest BCUT2D eigenvalue weighted by Gasteiger charge is -2.27. The molecule has 2 heterocycles. The molecule has 0 saturated carbocycles. The van der Waals surface area contributed by atoms with Crippen LogP contribution in [0.5, 0.6) is 0 Å². The third-order valence-electron chi connectivity index (χ3n) is 3.67. The highest BCUT2D eigenvalue weighted by molar-refractivity contribution is 6.30. The SMILES string of the molecule is CC1=Nc2ccccc2N2NN(c3cccc(Cl)c3)C(O)=C12.O. The first kappa shape index (κ1) is 15.4. The third kappa shape index (κ3) is 2.33. The van der Waals surface area contributed by atoms with Gasteiger partial charge in [-0.1, -0.05) is 29.8 Å². The molecule has 7 heteroatoms. The van der Waals surface area contributed by atoms with E-state index in [1.165, 1.54) is 0 Å². The summed E-state index contributed by atoms with van der Waals surface area (Å²) in [5.41, 5.74) is 7.05. The summed E-state index contributed by atoms with van der Waals surface area (Å²) in [6.07, 6.45) is 0. The maximum absolute atomic E-state index is 10.6. The highest BCUT2D eigenvalue weighted by atomic mass is 35.5. The van der Waals surface area contributed by atoms with Gasteiger partial charge in [0.15, 0.2) is 0 Å². The number of halogens is 1. The molecule has 0 bridgehead atoms. The zero-order chi connectivity index (χ0) is 15.3. The molecule has 6 nitrogen and oxygen atoms in total. The lowest BCUT2D eigenvalue weighted by Crippen LogP contribution is -2.43. The maximum atomic E-state index is 10.6. The quantitative estimate of drug-likeness (QED) is 0.841. The van der Waals surface area contributed by atoms with Gasteiger partial charge < -0.3 is 10.6 Å². The second-order valence-corrected chi connectivity index (χ2v) is 5.55. The standard InChI is InChI=1S/C16H13ClN4O.H2O/c1-10-15-16(22)20(12-6-4-5-11(17)9-12)19-21(15)14-8-3-2-7-13(14)18-10;/h2-9,19,22H,1H3;1H2. The van der Waals surface area contributed by atoms with Crippen LogP contribution in [-0.2, 0) is 0 Å². The molecule has 118 valence electrons. The number of hydrogen-bond donors (Lipinski definition) is 2. The van der Waals surface area contributed by atoms with E-state index in [2.05, 4.69) is 10.5 Å². The Hall–Kier alpha value is -2.54. The number of aliphatic imine (C=N–C) groups is 1. The summed E-state index contributed by atoms with van der Waals surface area (Å²) in [5, 5.41) is 14.6. The van der Waals surface area contributed by atoms with Gasteiger partial charge in [-0.3, -0.25) is 0 Å². The second-order valence-electron chi connectivity index (χ2n) is 5.11. The van der Waals surface area contributed by atoms with Crippen LogP contribution in [-0.4, -0.2) is 16.3 Å². The summed E-state index contributed by atoms with van der Waals surface area (Å²) < 4.78 is 0. The van der Waals surface area contributed by atoms with Crippen molar-refractivity contribution in [3.63, 3.8) is 0 Å². The predicted octanol–water partition coefficient (Wildman–Crippen LogP) is 3.09. The van der Waals surface area contributed by atoms with Crippen LogP contribution in [0.1, 0.15) is 6.92 Å². The Bertz CT molecular complexity index is 834. The van der Waals surface area contributed by atoms with Crippen molar-refractivity contribution < 1.29 is 10.6 Å². The monoisotopic (exact) mass is 330 g/mol. The smallest absolute Gasteiger partial charge is 0.235 e. The van der Waals surface area contributed by atoms with Crippen molar-refractivity contribution >= 4 is 34.4 Å². The van der Waals surface area contributed by atoms with E-state index >= 15 is 0 Å². The summed E-state index contributed by atoms with van der Waals surface area (Å²) >= 11 is 6.04. The highest BCUT2D eigenvalue weighted by Gasteiger charge is 2.36. The molecule has 4 rings (SSSR count). The van der Waals surface area contributed by atoms with Crippen molar-refractivity contribution in [3.8, 4) is 0 Å². The van der Waals surface area contributed by atoms with E-state index in [-0.39, 0.29) is 11.4 Å². The van der Waals surface area contributed by atoms with Gasteiger partial charge in [-0.15, -0.1) is 5.53 Å². The highest BCUT2D eigenvalue weighted by Crippen LogP contribution is 2.39. The fourth-order valence-electron chi connectivity index (χ4n) is 2.68. The van der Waals surface area contributed by atoms with Crippen molar-refractivity contribution in [1.82, 2.24) is 5.53 Å². The molecule has 2 aromatic rings. The van der Waals surface area contributed by atoms with Crippen molar-refractivity contribution in [1.29, 1.82) is 0 Å². The number of anilines is 2. The van der Waals surface area contributed by atoms with E-state index in [1.54, 1.807) is 17.1 Å². The van der Waals surface area contributed by atoms with Gasteiger partial charge >= 0.3 is 0 Å². The van der Waals surface area contributed by atoms with Crippen molar-refractivity contribution in [2.24, 2.45) is 4.99 Å². The number of aliphatic hydroxyl groups is 1. The Morgan fingerprint density at radius 2 is 1.87 bits per heavy atom. The van der Waals surface area contributed by atoms with Gasteiger partial charge in [0.05, 0.1) is 22.8 Å². The largest absolute Gasteiger partial charge is 0.492 e. The molecule has 0 unspecified atom stereocenters. The van der Waals surface area contributed by atoms with Gasteiger partial charge in [0.1, 0.15) is 5.70 Å². The molecule has 0 atom stereocenters. The molecule has 0 amide bonds. The van der Waals surface area contributed by atoms with Gasteiger partial charge in [-0.05, 0) is 37.3 Å². The van der Waals surface area contributed by atoms with Crippen molar-refractivity contribution in [3.05, 3.63) is 65.1 Å². The Kier molecular flexibility index (Phi) is 3.73. The Morgan fingerprint density at radius 3 is 2.65 bits per heavy atom. The number of allylic oxidation sites excluding steroid dienone is 1. The number of hydrazine groups is 2. The number of para-hydroxylation sites is 2. The number of nitrogens with zero attached hydrogens (tertiary/aromatic N) is 3. The first-order valence-corrected chi connectivity index (χ1v) is 7.23. The minimum absolute atomic E-state index is 0. The minimum atomic E-state index is 0. The van der Waals surface area contributed by atoms with Crippen LogP contribution in [0, 0.1) is 0 Å². The zero-order valence-corrected chi connectivity index (χ0v) is 13.0. The average Bonchev–Trinajstić information content (AvgIpc) is 2.86. The molecule has 0 fully saturated rings. The molecule has 0 saturated heterocycles. The summed E-state index contributed by atoms with van der Waals surface area (Å²) in [6.45, 7) is 1.87. The average molecular weight is 331 g/mol. The van der Waals surface area contributed by atoms with Gasteiger partial charge in [0, 0.05) is 5.02 Å². The summed E-state index contributed by atoms with van der Waals surface area (Å²) in [5.74, 6) is 0.0954. The fourth-order valence-corrected chi connectivity index (χ4v) is 2.86. The Morgan fingerprint density at radius 1 is 1.09 bits per heavy atom. The minimum Gasteiger partial charge on any atom is -0.492 e. The van der Waals surface area contributed by atoms with Crippen molar-refractivity contribution in [2.45, 2.75) is 6.92 Å². The fraction of sp³-hybridized carbons (Fsp3) is 0.0625. The molecule has 0 aliphatic carbocycles. The molecule has 0 spiro atoms. The lowest BCUT2D eigenvalue weighted by molar-refractivity contribution is 0.389. The third-order valence-corrected chi connectivity index (χ3v) is 3.90. The number of aliphatic hydroxyl groups excluding tert-OH is 1. The summed E-state index contributed by atoms with van der Waals surface area (Å²) in [6, 6.07) is 15.0. The van der Waals surface area contributed by atoms with Crippen LogP contribution in [0.15, 0.2) is 65.1 Å². The first-order chi connectivity index (χ1) is 10.6. The maximum Gasteiger partial charge on any atom is 0.235 e. The molecule has 0 aromatic heterocycles. The predicted molar refractivity (Wildman–Crippen MR) is 92.0 cm³/mol. The van der Waals surface area contributed by atoms with Crippen LogP contribution >= 0.6 is 11.6 Å². The molecule has 0 radical (unpaired) electrons. The van der Waals surface area contributed by atoms with Gasteiger partial charge in [0.2, 0.25) is 5.88 Å². The van der Waals surface area contributed by atoms with E-state index in [1.807, 2.05) is 48.3 Å². The van der Waals surface area contributed by atoms with Crippen LogP contribution in [0.2, 0.25) is 5.02 Å². The van der Waals surface area contributed by atoms with Crippen LogP contribution in [0.25, 0.3) is 0 Å². The Labute approximate surface area is 138 Å². The number of benzene rings is 2. The van der Waals surface area contributed by atoms with Gasteiger partial charge in [-0.2, -0.15) is 0 Å². The van der Waals surface area contributed by atoms with Crippen molar-refractivity contribution in [2.75, 3.05) is 10.0 Å². The van der Waals surface area contributed by atoms with Crippen LogP contribution in [0.3, 0.4) is 0 Å². The first-order valence-electron chi connectivity index (χ1n) is 6.85. The molecular formula is C16H15ClN4O2. The number of nitrogens with one attached hydrogen (secondary N) is 1. The molecule has 2 aliphatic rings. The molecule has 2 aliphatic heterocycles. The van der Waals surface area contributed by atoms with E-state index < -0.39 is 0 Å². The second kappa shape index (κ2) is 5.58.